The predicted octanol–water partition coefficient (Wildman–Crippen LogP) is -1.10. The molecule has 1 rings (SSSR count). The number of hydrogen-bond donors (Lipinski definition) is 2. The zero-order valence-electron chi connectivity index (χ0n) is 5.93. The van der Waals surface area contributed by atoms with E-state index in [4.69, 9.17) is 9.66 Å². The van der Waals surface area contributed by atoms with E-state index in [0.717, 1.165) is 6.07 Å². The molecule has 0 spiro atoms. The fraction of sp³-hybridized carbons (Fsp3) is 0. The molecule has 7 heteroatoms. The van der Waals surface area contributed by atoms with Crippen LogP contribution in [0.3, 0.4) is 0 Å². The Balaban J connectivity index is 0. The molecule has 0 aromatic heterocycles. The van der Waals surface area contributed by atoms with Crippen molar-refractivity contribution >= 4 is 47.9 Å². The molecule has 1 aromatic carbocycles. The number of para-hydroxylation sites is 1. The first kappa shape index (κ1) is 15.6. The van der Waals surface area contributed by atoms with Gasteiger partial charge in [-0.1, -0.05) is 12.1 Å². The van der Waals surface area contributed by atoms with E-state index >= 15 is 0 Å². The van der Waals surface area contributed by atoms with E-state index in [1.807, 2.05) is 0 Å². The van der Waals surface area contributed by atoms with Crippen LogP contribution in [0, 0.1) is 0 Å². The monoisotopic (exact) mass is 234 g/mol. The van der Waals surface area contributed by atoms with Gasteiger partial charge in [0.25, 0.3) is 10.1 Å². The van der Waals surface area contributed by atoms with Gasteiger partial charge in [0.2, 0.25) is 0 Å². The number of benzene rings is 1. The van der Waals surface area contributed by atoms with Crippen molar-refractivity contribution in [2.75, 3.05) is 0 Å². The molecule has 0 fully saturated rings. The van der Waals surface area contributed by atoms with Crippen LogP contribution in [-0.4, -0.2) is 61.3 Å². The van der Waals surface area contributed by atoms with Crippen LogP contribution in [0.2, 0.25) is 0 Å². The van der Waals surface area contributed by atoms with Crippen molar-refractivity contribution in [2.24, 2.45) is 0 Å². The Bertz CT molecular complexity index is 361. The molecule has 0 aliphatic rings. The molecule has 13 heavy (non-hydrogen) atoms. The third-order valence-electron chi connectivity index (χ3n) is 1.14. The minimum atomic E-state index is -4.28. The molecule has 0 atom stereocenters. The van der Waals surface area contributed by atoms with Crippen molar-refractivity contribution in [3.63, 3.8) is 0 Å². The Morgan fingerprint density at radius 1 is 1.15 bits per heavy atom. The second-order valence-corrected chi connectivity index (χ2v) is 3.33. The average molecular weight is 234 g/mol. The number of hydrogen-bond acceptors (Lipinski definition) is 3. The van der Waals surface area contributed by atoms with Gasteiger partial charge >= 0.3 is 37.7 Å². The average Bonchev–Trinajstić information content (AvgIpc) is 1.86. The Hall–Kier alpha value is 0.150. The van der Waals surface area contributed by atoms with Gasteiger partial charge in [-0.05, 0) is 12.1 Å². The molecule has 0 heterocycles. The van der Waals surface area contributed by atoms with Crippen LogP contribution in [0.5, 0.6) is 5.75 Å². The van der Waals surface area contributed by atoms with Gasteiger partial charge in [0.15, 0.2) is 0 Å². The molecule has 72 valence electrons. The van der Waals surface area contributed by atoms with Crippen molar-refractivity contribution in [1.29, 1.82) is 0 Å². The molecule has 5 nitrogen and oxygen atoms in total. The molecule has 1 aromatic rings. The molecule has 0 saturated carbocycles. The van der Waals surface area contributed by atoms with Crippen LogP contribution in [0.1, 0.15) is 0 Å². The van der Waals surface area contributed by atoms with Crippen LogP contribution >= 0.6 is 0 Å². The van der Waals surface area contributed by atoms with Crippen LogP contribution < -0.4 is 0 Å². The summed E-state index contributed by atoms with van der Waals surface area (Å²) in [4.78, 5) is -0.472. The molecule has 0 unspecified atom stereocenters. The number of aromatic hydroxyl groups is 1. The van der Waals surface area contributed by atoms with Gasteiger partial charge in [0, 0.05) is 0 Å². The van der Waals surface area contributed by atoms with Gasteiger partial charge in [-0.25, -0.2) is 0 Å². The third-order valence-corrected chi connectivity index (χ3v) is 2.04. The molecular formula is C6H10CaO5S. The van der Waals surface area contributed by atoms with Crippen molar-refractivity contribution in [2.45, 2.75) is 4.90 Å². The number of rotatable bonds is 1. The Labute approximate surface area is 105 Å². The van der Waals surface area contributed by atoms with Crippen LogP contribution in [0.4, 0.5) is 0 Å². The standard InChI is InChI=1S/C6H6O4S.Ca.H2O.2H/c7-5-3-1-2-4-6(5)11(8,9)10;;;;/h1-4,7H,(H,8,9,10);;1H2;;. The Morgan fingerprint density at radius 3 is 1.92 bits per heavy atom. The summed E-state index contributed by atoms with van der Waals surface area (Å²) in [5, 5.41) is 8.91. The maximum atomic E-state index is 10.4. The van der Waals surface area contributed by atoms with Gasteiger partial charge in [-0.3, -0.25) is 4.55 Å². The van der Waals surface area contributed by atoms with Gasteiger partial charge in [-0.2, -0.15) is 8.42 Å². The van der Waals surface area contributed by atoms with Gasteiger partial charge < -0.3 is 10.6 Å². The summed E-state index contributed by atoms with van der Waals surface area (Å²) >= 11 is 0. The first-order chi connectivity index (χ1) is 5.02. The summed E-state index contributed by atoms with van der Waals surface area (Å²) in [5.74, 6) is -0.449. The molecule has 0 amide bonds. The van der Waals surface area contributed by atoms with Crippen molar-refractivity contribution in [3.8, 4) is 5.75 Å². The first-order valence-electron chi connectivity index (χ1n) is 2.77. The maximum absolute atomic E-state index is 10.4. The van der Waals surface area contributed by atoms with Crippen molar-refractivity contribution in [3.05, 3.63) is 24.3 Å². The van der Waals surface area contributed by atoms with Crippen molar-refractivity contribution < 1.29 is 23.6 Å². The van der Waals surface area contributed by atoms with E-state index in [1.165, 1.54) is 18.2 Å². The summed E-state index contributed by atoms with van der Waals surface area (Å²) in [6, 6.07) is 5.17. The van der Waals surface area contributed by atoms with Gasteiger partial charge in [-0.15, -0.1) is 0 Å². The molecule has 4 N–H and O–H groups in total. The van der Waals surface area contributed by atoms with Crippen LogP contribution in [0.25, 0.3) is 0 Å². The van der Waals surface area contributed by atoms with E-state index in [-0.39, 0.29) is 43.2 Å². The Morgan fingerprint density at radius 2 is 1.62 bits per heavy atom. The molecule has 0 saturated heterocycles. The summed E-state index contributed by atoms with van der Waals surface area (Å²) in [6.45, 7) is 0. The van der Waals surface area contributed by atoms with Gasteiger partial charge in [0.1, 0.15) is 10.6 Å². The number of phenolic OH excluding ortho intramolecular Hbond substituents is 1. The predicted molar refractivity (Wildman–Crippen MR) is 50.1 cm³/mol. The second kappa shape index (κ2) is 5.79. The Kier molecular flexibility index (Phi) is 6.96. The number of phenols is 1. The SMILES string of the molecule is O.O=S(=O)(O)c1ccccc1O.[CaH2]. The molecule has 0 aliphatic heterocycles. The molecular weight excluding hydrogens is 224 g/mol. The topological polar surface area (TPSA) is 106 Å². The van der Waals surface area contributed by atoms with E-state index in [1.54, 1.807) is 0 Å². The second-order valence-electron chi connectivity index (χ2n) is 1.94. The minimum absolute atomic E-state index is 0. The van der Waals surface area contributed by atoms with Crippen LogP contribution in [-0.2, 0) is 10.1 Å². The molecule has 0 aliphatic carbocycles. The van der Waals surface area contributed by atoms with Gasteiger partial charge in [0.05, 0.1) is 0 Å². The van der Waals surface area contributed by atoms with E-state index < -0.39 is 20.8 Å². The summed E-state index contributed by atoms with van der Waals surface area (Å²) in [6.07, 6.45) is 0. The fourth-order valence-corrected chi connectivity index (χ4v) is 1.26. The summed E-state index contributed by atoms with van der Waals surface area (Å²) < 4.78 is 29.4. The molecule has 0 radical (unpaired) electrons. The van der Waals surface area contributed by atoms with E-state index in [9.17, 15) is 8.42 Å². The zero-order valence-corrected chi connectivity index (χ0v) is 6.75. The van der Waals surface area contributed by atoms with Crippen LogP contribution in [0.15, 0.2) is 29.2 Å². The zero-order chi connectivity index (χ0) is 8.48. The summed E-state index contributed by atoms with van der Waals surface area (Å²) in [7, 11) is -4.28. The first-order valence-corrected chi connectivity index (χ1v) is 4.21. The van der Waals surface area contributed by atoms with E-state index in [0.29, 0.717) is 0 Å². The third kappa shape index (κ3) is 4.26. The quantitative estimate of drug-likeness (QED) is 0.475. The van der Waals surface area contributed by atoms with E-state index in [2.05, 4.69) is 0 Å². The summed E-state index contributed by atoms with van der Waals surface area (Å²) in [5.41, 5.74) is 0. The molecule has 0 bridgehead atoms. The normalized spacial score (nSPS) is 9.62. The fourth-order valence-electron chi connectivity index (χ4n) is 0.675. The van der Waals surface area contributed by atoms with Crippen molar-refractivity contribution in [1.82, 2.24) is 0 Å².